The molecule has 2 heterocycles. The molecular weight excluding hydrogens is 222 g/mol. The monoisotopic (exact) mass is 241 g/mol. The number of benzene rings is 1. The van der Waals surface area contributed by atoms with Crippen LogP contribution in [0.5, 0.6) is 0 Å². The van der Waals surface area contributed by atoms with Gasteiger partial charge >= 0.3 is 0 Å². The van der Waals surface area contributed by atoms with Gasteiger partial charge in [0, 0.05) is 42.4 Å². The van der Waals surface area contributed by atoms with E-state index in [1.54, 1.807) is 0 Å². The summed E-state index contributed by atoms with van der Waals surface area (Å²) in [5.41, 5.74) is 2.38. The summed E-state index contributed by atoms with van der Waals surface area (Å²) in [6, 6.07) is 11.6. The van der Waals surface area contributed by atoms with Crippen molar-refractivity contribution in [3.63, 3.8) is 0 Å². The van der Waals surface area contributed by atoms with Gasteiger partial charge in [0.15, 0.2) is 0 Å². The Bertz CT molecular complexity index is 537. The van der Waals surface area contributed by atoms with Crippen molar-refractivity contribution < 1.29 is 0 Å². The van der Waals surface area contributed by atoms with Gasteiger partial charge in [-0.3, -0.25) is 4.98 Å². The van der Waals surface area contributed by atoms with E-state index in [1.165, 1.54) is 11.1 Å². The summed E-state index contributed by atoms with van der Waals surface area (Å²) in [6.07, 6.45) is 1.91. The summed E-state index contributed by atoms with van der Waals surface area (Å²) in [5.74, 6) is 0. The van der Waals surface area contributed by atoms with Crippen molar-refractivity contribution in [3.05, 3.63) is 36.5 Å². The Labute approximate surface area is 108 Å². The van der Waals surface area contributed by atoms with E-state index in [9.17, 15) is 0 Å². The fourth-order valence-corrected chi connectivity index (χ4v) is 2.88. The first kappa shape index (κ1) is 11.5. The molecule has 94 valence electrons. The fraction of sp³-hybridized carbons (Fsp3) is 0.400. The van der Waals surface area contributed by atoms with Gasteiger partial charge in [0.2, 0.25) is 0 Å². The Hall–Kier alpha value is -1.61. The van der Waals surface area contributed by atoms with Gasteiger partial charge in [0.05, 0.1) is 5.52 Å². The van der Waals surface area contributed by atoms with E-state index in [0.717, 1.165) is 18.6 Å². The molecule has 2 atom stereocenters. The molecule has 1 aliphatic rings. The molecule has 1 fully saturated rings. The Kier molecular flexibility index (Phi) is 2.92. The van der Waals surface area contributed by atoms with E-state index in [4.69, 9.17) is 0 Å². The number of anilines is 1. The third-order valence-corrected chi connectivity index (χ3v) is 3.52. The Morgan fingerprint density at radius 2 is 1.83 bits per heavy atom. The van der Waals surface area contributed by atoms with Crippen LogP contribution in [0.15, 0.2) is 36.5 Å². The molecule has 1 aromatic heterocycles. The maximum absolute atomic E-state index is 4.43. The standard InChI is InChI=1S/C15H19N3/c1-11-9-18(10-12(2)17-11)15-7-8-16-14-6-4-3-5-13(14)15/h3-8,11-12,17H,9-10H2,1-2H3. The Balaban J connectivity index is 2.03. The van der Waals surface area contributed by atoms with Gasteiger partial charge in [0.25, 0.3) is 0 Å². The van der Waals surface area contributed by atoms with Crippen molar-refractivity contribution in [2.75, 3.05) is 18.0 Å². The molecule has 0 amide bonds. The molecule has 18 heavy (non-hydrogen) atoms. The maximum Gasteiger partial charge on any atom is 0.0722 e. The number of piperazine rings is 1. The van der Waals surface area contributed by atoms with Crippen molar-refractivity contribution in [1.82, 2.24) is 10.3 Å². The van der Waals surface area contributed by atoms with Crippen LogP contribution in [0.1, 0.15) is 13.8 Å². The highest BCUT2D eigenvalue weighted by molar-refractivity contribution is 5.91. The molecule has 3 nitrogen and oxygen atoms in total. The lowest BCUT2D eigenvalue weighted by atomic mass is 10.1. The minimum absolute atomic E-state index is 0.528. The highest BCUT2D eigenvalue weighted by Gasteiger charge is 2.22. The molecular formula is C15H19N3. The zero-order chi connectivity index (χ0) is 12.5. The third kappa shape index (κ3) is 2.06. The van der Waals surface area contributed by atoms with Gasteiger partial charge in [0.1, 0.15) is 0 Å². The SMILES string of the molecule is CC1CN(c2ccnc3ccccc23)CC(C)N1. The Morgan fingerprint density at radius 1 is 1.11 bits per heavy atom. The number of hydrogen-bond donors (Lipinski definition) is 1. The van der Waals surface area contributed by atoms with Gasteiger partial charge < -0.3 is 10.2 Å². The lowest BCUT2D eigenvalue weighted by molar-refractivity contribution is 0.407. The highest BCUT2D eigenvalue weighted by atomic mass is 15.2. The molecule has 0 aliphatic carbocycles. The van der Waals surface area contributed by atoms with Crippen LogP contribution in [-0.2, 0) is 0 Å². The van der Waals surface area contributed by atoms with Gasteiger partial charge in [-0.2, -0.15) is 0 Å². The van der Waals surface area contributed by atoms with E-state index in [1.807, 2.05) is 12.3 Å². The fourth-order valence-electron chi connectivity index (χ4n) is 2.88. The van der Waals surface area contributed by atoms with Crippen LogP contribution < -0.4 is 10.2 Å². The first-order valence-electron chi connectivity index (χ1n) is 6.59. The minimum Gasteiger partial charge on any atom is -0.368 e. The summed E-state index contributed by atoms with van der Waals surface area (Å²) < 4.78 is 0. The van der Waals surface area contributed by atoms with Gasteiger partial charge in [-0.05, 0) is 26.0 Å². The van der Waals surface area contributed by atoms with Gasteiger partial charge in [-0.1, -0.05) is 18.2 Å². The molecule has 0 spiro atoms. The maximum atomic E-state index is 4.43. The summed E-state index contributed by atoms with van der Waals surface area (Å²) in [6.45, 7) is 6.59. The molecule has 1 N–H and O–H groups in total. The molecule has 3 heteroatoms. The number of para-hydroxylation sites is 1. The van der Waals surface area contributed by atoms with Crippen molar-refractivity contribution in [1.29, 1.82) is 0 Å². The number of fused-ring (bicyclic) bond motifs is 1. The molecule has 1 aliphatic heterocycles. The molecule has 1 aromatic carbocycles. The molecule has 3 rings (SSSR count). The molecule has 1 saturated heterocycles. The lowest BCUT2D eigenvalue weighted by Gasteiger charge is -2.38. The van der Waals surface area contributed by atoms with Crippen LogP contribution in [0.2, 0.25) is 0 Å². The minimum atomic E-state index is 0.528. The van der Waals surface area contributed by atoms with Crippen LogP contribution in [0.3, 0.4) is 0 Å². The van der Waals surface area contributed by atoms with Crippen molar-refractivity contribution in [3.8, 4) is 0 Å². The summed E-state index contributed by atoms with van der Waals surface area (Å²) >= 11 is 0. The molecule has 2 aromatic rings. The average molecular weight is 241 g/mol. The average Bonchev–Trinajstić information content (AvgIpc) is 2.37. The van der Waals surface area contributed by atoms with Crippen LogP contribution in [0, 0.1) is 0 Å². The van der Waals surface area contributed by atoms with Crippen LogP contribution >= 0.6 is 0 Å². The van der Waals surface area contributed by atoms with E-state index in [2.05, 4.69) is 53.3 Å². The smallest absolute Gasteiger partial charge is 0.0722 e. The van der Waals surface area contributed by atoms with Crippen LogP contribution in [0.4, 0.5) is 5.69 Å². The second-order valence-corrected chi connectivity index (χ2v) is 5.22. The summed E-state index contributed by atoms with van der Waals surface area (Å²) in [7, 11) is 0. The van der Waals surface area contributed by atoms with E-state index in [-0.39, 0.29) is 0 Å². The second kappa shape index (κ2) is 4.58. The zero-order valence-electron chi connectivity index (χ0n) is 10.9. The molecule has 2 unspecified atom stereocenters. The predicted octanol–water partition coefficient (Wildman–Crippen LogP) is 2.42. The van der Waals surface area contributed by atoms with Crippen molar-refractivity contribution in [2.45, 2.75) is 25.9 Å². The quantitative estimate of drug-likeness (QED) is 0.831. The largest absolute Gasteiger partial charge is 0.368 e. The van der Waals surface area contributed by atoms with Crippen LogP contribution in [0.25, 0.3) is 10.9 Å². The van der Waals surface area contributed by atoms with E-state index < -0.39 is 0 Å². The zero-order valence-corrected chi connectivity index (χ0v) is 10.9. The summed E-state index contributed by atoms with van der Waals surface area (Å²) in [4.78, 5) is 6.90. The van der Waals surface area contributed by atoms with E-state index >= 15 is 0 Å². The first-order valence-corrected chi connectivity index (χ1v) is 6.59. The number of nitrogens with zero attached hydrogens (tertiary/aromatic N) is 2. The highest BCUT2D eigenvalue weighted by Crippen LogP contribution is 2.26. The third-order valence-electron chi connectivity index (χ3n) is 3.52. The second-order valence-electron chi connectivity index (χ2n) is 5.22. The lowest BCUT2D eigenvalue weighted by Crippen LogP contribution is -2.54. The topological polar surface area (TPSA) is 28.2 Å². The predicted molar refractivity (Wildman–Crippen MR) is 76.0 cm³/mol. The first-order chi connectivity index (χ1) is 8.74. The van der Waals surface area contributed by atoms with Crippen molar-refractivity contribution in [2.24, 2.45) is 0 Å². The number of pyridine rings is 1. The number of aromatic nitrogens is 1. The van der Waals surface area contributed by atoms with Gasteiger partial charge in [-0.15, -0.1) is 0 Å². The number of nitrogens with one attached hydrogen (secondary N) is 1. The van der Waals surface area contributed by atoms with Crippen molar-refractivity contribution >= 4 is 16.6 Å². The summed E-state index contributed by atoms with van der Waals surface area (Å²) in [5, 5.41) is 4.82. The normalized spacial score (nSPS) is 24.4. The Morgan fingerprint density at radius 3 is 2.61 bits per heavy atom. The number of rotatable bonds is 1. The molecule has 0 bridgehead atoms. The number of hydrogen-bond acceptors (Lipinski definition) is 3. The van der Waals surface area contributed by atoms with E-state index in [0.29, 0.717) is 12.1 Å². The molecule has 0 saturated carbocycles. The van der Waals surface area contributed by atoms with Gasteiger partial charge in [-0.25, -0.2) is 0 Å². The van der Waals surface area contributed by atoms with Crippen LogP contribution in [-0.4, -0.2) is 30.2 Å². The molecule has 0 radical (unpaired) electrons.